The van der Waals surface area contributed by atoms with E-state index in [-0.39, 0.29) is 36.6 Å². The number of rotatable bonds is 9. The van der Waals surface area contributed by atoms with Crippen molar-refractivity contribution in [3.05, 3.63) is 66.1 Å². The molecule has 0 bridgehead atoms. The van der Waals surface area contributed by atoms with Crippen molar-refractivity contribution in [3.63, 3.8) is 0 Å². The zero-order valence-electron chi connectivity index (χ0n) is 19.3. The Bertz CT molecular complexity index is 1160. The zero-order chi connectivity index (χ0) is 24.7. The summed E-state index contributed by atoms with van der Waals surface area (Å²) >= 11 is 0. The molecule has 10 heteroatoms. The van der Waals surface area contributed by atoms with Gasteiger partial charge in [-0.3, -0.25) is 19.3 Å². The molecule has 9 nitrogen and oxygen atoms in total. The van der Waals surface area contributed by atoms with Crippen LogP contribution in [0.1, 0.15) is 19.5 Å². The second-order valence-electron chi connectivity index (χ2n) is 7.72. The minimum atomic E-state index is -0.362. The van der Waals surface area contributed by atoms with Crippen LogP contribution in [0, 0.1) is 12.7 Å². The molecule has 3 N–H and O–H groups in total. The number of likely N-dealkylation sites (N-methyl/N-ethyl adjacent to an activating group) is 1. The quantitative estimate of drug-likeness (QED) is 0.449. The van der Waals surface area contributed by atoms with Crippen molar-refractivity contribution in [1.82, 2.24) is 14.7 Å². The lowest BCUT2D eigenvalue weighted by atomic mass is 10.2. The van der Waals surface area contributed by atoms with Crippen LogP contribution >= 0.6 is 0 Å². The van der Waals surface area contributed by atoms with Crippen LogP contribution in [0.3, 0.4) is 0 Å². The summed E-state index contributed by atoms with van der Waals surface area (Å²) in [5.41, 5.74) is 2.52. The number of anilines is 3. The van der Waals surface area contributed by atoms with Gasteiger partial charge < -0.3 is 16.0 Å². The third kappa shape index (κ3) is 6.97. The maximum Gasteiger partial charge on any atom is 0.239 e. The van der Waals surface area contributed by atoms with Crippen LogP contribution in [-0.2, 0) is 14.4 Å². The van der Waals surface area contributed by atoms with Gasteiger partial charge in [-0.2, -0.15) is 5.10 Å². The van der Waals surface area contributed by atoms with E-state index in [9.17, 15) is 18.8 Å². The van der Waals surface area contributed by atoms with E-state index >= 15 is 0 Å². The van der Waals surface area contributed by atoms with E-state index in [1.54, 1.807) is 54.3 Å². The molecule has 0 atom stereocenters. The smallest absolute Gasteiger partial charge is 0.239 e. The maximum atomic E-state index is 13.3. The normalized spacial score (nSPS) is 10.7. The lowest BCUT2D eigenvalue weighted by Crippen LogP contribution is -2.38. The highest BCUT2D eigenvalue weighted by atomic mass is 19.1. The Labute approximate surface area is 196 Å². The minimum Gasteiger partial charge on any atom is -0.326 e. The second-order valence-corrected chi connectivity index (χ2v) is 7.72. The molecule has 0 aliphatic heterocycles. The molecule has 3 aromatic rings. The van der Waals surface area contributed by atoms with Crippen molar-refractivity contribution in [2.75, 3.05) is 35.6 Å². The second kappa shape index (κ2) is 11.2. The first-order chi connectivity index (χ1) is 16.2. The van der Waals surface area contributed by atoms with Gasteiger partial charge in [0.15, 0.2) is 0 Å². The van der Waals surface area contributed by atoms with Gasteiger partial charge in [-0.25, -0.2) is 9.07 Å². The van der Waals surface area contributed by atoms with Crippen LogP contribution in [-0.4, -0.2) is 52.0 Å². The summed E-state index contributed by atoms with van der Waals surface area (Å²) in [6, 6.07) is 14.3. The molecule has 178 valence electrons. The molecule has 3 rings (SSSR count). The lowest BCUT2D eigenvalue weighted by molar-refractivity contribution is -0.120. The first-order valence-electron chi connectivity index (χ1n) is 10.8. The molecule has 0 spiro atoms. The number of amides is 3. The minimum absolute atomic E-state index is 0.000957. The lowest BCUT2D eigenvalue weighted by Gasteiger charge is -2.19. The van der Waals surface area contributed by atoms with E-state index in [0.717, 1.165) is 0 Å². The first-order valence-corrected chi connectivity index (χ1v) is 10.8. The molecule has 0 unspecified atom stereocenters. The van der Waals surface area contributed by atoms with Crippen LogP contribution in [0.5, 0.6) is 0 Å². The summed E-state index contributed by atoms with van der Waals surface area (Å²) in [4.78, 5) is 37.9. The van der Waals surface area contributed by atoms with Crippen molar-refractivity contribution in [2.45, 2.75) is 20.8 Å². The van der Waals surface area contributed by atoms with Crippen LogP contribution in [0.25, 0.3) is 5.69 Å². The molecule has 0 aliphatic carbocycles. The van der Waals surface area contributed by atoms with Crippen molar-refractivity contribution in [1.29, 1.82) is 0 Å². The van der Waals surface area contributed by atoms with Crippen LogP contribution in [0.4, 0.5) is 21.6 Å². The highest BCUT2D eigenvalue weighted by molar-refractivity contribution is 5.95. The van der Waals surface area contributed by atoms with Crippen molar-refractivity contribution in [2.24, 2.45) is 0 Å². The van der Waals surface area contributed by atoms with Gasteiger partial charge in [0.2, 0.25) is 17.7 Å². The molecular weight excluding hydrogens is 439 g/mol. The fraction of sp³-hybridized carbons (Fsp3) is 0.250. The Balaban J connectivity index is 1.57. The molecule has 0 saturated carbocycles. The SMILES string of the molecule is CCN(CC(=O)Nc1ccc(NC(C)=O)cc1)CC(=O)Nc1cc(C)nn1-c1ccc(F)cc1. The molecule has 0 radical (unpaired) electrons. The first kappa shape index (κ1) is 24.6. The predicted molar refractivity (Wildman–Crippen MR) is 128 cm³/mol. The summed E-state index contributed by atoms with van der Waals surface area (Å²) < 4.78 is 14.8. The number of halogens is 1. The molecule has 1 heterocycles. The number of carbonyl (C=O) groups excluding carboxylic acids is 3. The van der Waals surface area contributed by atoms with E-state index < -0.39 is 0 Å². The molecule has 0 saturated heterocycles. The number of nitrogens with zero attached hydrogens (tertiary/aromatic N) is 3. The summed E-state index contributed by atoms with van der Waals surface area (Å²) in [5, 5.41) is 12.6. The fourth-order valence-electron chi connectivity index (χ4n) is 3.28. The number of carbonyl (C=O) groups is 3. The van der Waals surface area contributed by atoms with Gasteiger partial charge in [0, 0.05) is 24.4 Å². The third-order valence-corrected chi connectivity index (χ3v) is 4.84. The van der Waals surface area contributed by atoms with Crippen LogP contribution in [0.15, 0.2) is 54.6 Å². The maximum absolute atomic E-state index is 13.3. The Morgan fingerprint density at radius 1 is 0.912 bits per heavy atom. The highest BCUT2D eigenvalue weighted by Crippen LogP contribution is 2.18. The van der Waals surface area contributed by atoms with E-state index in [0.29, 0.717) is 35.1 Å². The van der Waals surface area contributed by atoms with Gasteiger partial charge in [-0.1, -0.05) is 6.92 Å². The molecule has 3 amide bonds. The average Bonchev–Trinajstić information content (AvgIpc) is 3.14. The average molecular weight is 467 g/mol. The van der Waals surface area contributed by atoms with E-state index in [4.69, 9.17) is 0 Å². The number of benzene rings is 2. The van der Waals surface area contributed by atoms with Gasteiger partial charge >= 0.3 is 0 Å². The van der Waals surface area contributed by atoms with Gasteiger partial charge in [0.05, 0.1) is 24.5 Å². The van der Waals surface area contributed by atoms with E-state index in [1.807, 2.05) is 6.92 Å². The predicted octanol–water partition coefficient (Wildman–Crippen LogP) is 3.18. The van der Waals surface area contributed by atoms with Gasteiger partial charge in [0.1, 0.15) is 11.6 Å². The van der Waals surface area contributed by atoms with E-state index in [2.05, 4.69) is 21.0 Å². The topological polar surface area (TPSA) is 108 Å². The zero-order valence-corrected chi connectivity index (χ0v) is 19.3. The Kier molecular flexibility index (Phi) is 8.10. The molecular formula is C24H27FN6O3. The number of hydrogen-bond acceptors (Lipinski definition) is 5. The van der Waals surface area contributed by atoms with Crippen LogP contribution < -0.4 is 16.0 Å². The molecule has 1 aromatic heterocycles. The fourth-order valence-corrected chi connectivity index (χ4v) is 3.28. The van der Waals surface area contributed by atoms with Crippen LogP contribution in [0.2, 0.25) is 0 Å². The standard InChI is InChI=1S/C24H27FN6O3/c1-4-30(14-23(33)27-20-9-7-19(8-10-20)26-17(3)32)15-24(34)28-22-13-16(2)29-31(22)21-11-5-18(25)6-12-21/h5-13H,4,14-15H2,1-3H3,(H,26,32)(H,27,33)(H,28,34). The van der Waals surface area contributed by atoms with Gasteiger partial charge in [-0.15, -0.1) is 0 Å². The molecule has 2 aromatic carbocycles. The largest absolute Gasteiger partial charge is 0.326 e. The number of nitrogens with one attached hydrogen (secondary N) is 3. The summed E-state index contributed by atoms with van der Waals surface area (Å²) in [7, 11) is 0. The summed E-state index contributed by atoms with van der Waals surface area (Å²) in [6.45, 7) is 5.57. The Morgan fingerprint density at radius 3 is 2.03 bits per heavy atom. The Hall–Kier alpha value is -4.05. The van der Waals surface area contributed by atoms with Gasteiger partial charge in [-0.05, 0) is 62.0 Å². The highest BCUT2D eigenvalue weighted by Gasteiger charge is 2.16. The third-order valence-electron chi connectivity index (χ3n) is 4.84. The number of aryl methyl sites for hydroxylation is 1. The number of aromatic nitrogens is 2. The summed E-state index contributed by atoms with van der Waals surface area (Å²) in [5.74, 6) is -0.663. The van der Waals surface area contributed by atoms with Crippen molar-refractivity contribution < 1.29 is 18.8 Å². The van der Waals surface area contributed by atoms with Crippen molar-refractivity contribution >= 4 is 34.9 Å². The molecule has 0 fully saturated rings. The monoisotopic (exact) mass is 466 g/mol. The Morgan fingerprint density at radius 2 is 1.47 bits per heavy atom. The molecule has 0 aliphatic rings. The van der Waals surface area contributed by atoms with E-state index in [1.165, 1.54) is 23.7 Å². The van der Waals surface area contributed by atoms with Gasteiger partial charge in [0.25, 0.3) is 0 Å². The molecule has 34 heavy (non-hydrogen) atoms. The number of hydrogen-bond donors (Lipinski definition) is 3. The summed E-state index contributed by atoms with van der Waals surface area (Å²) in [6.07, 6.45) is 0. The van der Waals surface area contributed by atoms with Crippen molar-refractivity contribution in [3.8, 4) is 5.69 Å².